The molecular formula is C22H24N6O4. The summed E-state index contributed by atoms with van der Waals surface area (Å²) in [6.45, 7) is 1.36. The molecule has 0 fully saturated rings. The van der Waals surface area contributed by atoms with Crippen molar-refractivity contribution in [2.45, 2.75) is 32.1 Å². The van der Waals surface area contributed by atoms with E-state index in [2.05, 4.69) is 30.6 Å². The highest BCUT2D eigenvalue weighted by atomic mass is 16.6. The smallest absolute Gasteiger partial charge is 0.300 e. The standard InChI is InChI=1S/C22H24N6O4/c29-20(13-15-14-25-17-8-4-3-7-16(15)17)24-12-6-2-1-5-11-23-18-9-10-19(28(30)31)22-21(18)26-32-27-22/h3-4,7-10,14,23,25H,1-2,5-6,11-13H2,(H,24,29). The molecule has 0 aliphatic heterocycles. The number of anilines is 1. The molecule has 0 spiro atoms. The molecule has 0 aliphatic carbocycles. The summed E-state index contributed by atoms with van der Waals surface area (Å²) in [7, 11) is 0. The summed E-state index contributed by atoms with van der Waals surface area (Å²) in [6, 6.07) is 11.0. The minimum absolute atomic E-state index is 0.0276. The lowest BCUT2D eigenvalue weighted by Gasteiger charge is -2.07. The van der Waals surface area contributed by atoms with Gasteiger partial charge in [-0.25, -0.2) is 4.63 Å². The number of non-ortho nitro benzene ring substituents is 1. The molecule has 1 amide bonds. The summed E-state index contributed by atoms with van der Waals surface area (Å²) < 4.78 is 4.66. The Morgan fingerprint density at radius 3 is 2.66 bits per heavy atom. The van der Waals surface area contributed by atoms with E-state index in [1.165, 1.54) is 6.07 Å². The van der Waals surface area contributed by atoms with Gasteiger partial charge >= 0.3 is 5.69 Å². The predicted octanol–water partition coefficient (Wildman–Crippen LogP) is 3.94. The number of carbonyl (C=O) groups excluding carboxylic acids is 1. The van der Waals surface area contributed by atoms with E-state index < -0.39 is 4.92 Å². The van der Waals surface area contributed by atoms with E-state index in [1.807, 2.05) is 30.5 Å². The molecule has 0 atom stereocenters. The lowest BCUT2D eigenvalue weighted by Crippen LogP contribution is -2.26. The highest BCUT2D eigenvalue weighted by Crippen LogP contribution is 2.28. The molecule has 0 saturated carbocycles. The van der Waals surface area contributed by atoms with Crippen molar-refractivity contribution in [3.63, 3.8) is 0 Å². The SMILES string of the molecule is O=C(Cc1c[nH]c2ccccc12)NCCCCCCNc1ccc([N+](=O)[O-])c2nonc12. The minimum atomic E-state index is -0.504. The quantitative estimate of drug-likeness (QED) is 0.184. The van der Waals surface area contributed by atoms with Crippen molar-refractivity contribution in [1.82, 2.24) is 20.6 Å². The van der Waals surface area contributed by atoms with Crippen LogP contribution in [0.5, 0.6) is 0 Å². The zero-order valence-electron chi connectivity index (χ0n) is 17.5. The van der Waals surface area contributed by atoms with Gasteiger partial charge in [0, 0.05) is 36.3 Å². The second-order valence-corrected chi connectivity index (χ2v) is 7.58. The number of nitro groups is 1. The van der Waals surface area contributed by atoms with Gasteiger partial charge in [-0.05, 0) is 40.9 Å². The largest absolute Gasteiger partial charge is 0.383 e. The molecule has 2 heterocycles. The maximum absolute atomic E-state index is 12.2. The topological polar surface area (TPSA) is 139 Å². The molecule has 0 saturated heterocycles. The molecule has 166 valence electrons. The van der Waals surface area contributed by atoms with E-state index in [1.54, 1.807) is 6.07 Å². The van der Waals surface area contributed by atoms with E-state index in [0.29, 0.717) is 30.7 Å². The fourth-order valence-electron chi connectivity index (χ4n) is 3.71. The van der Waals surface area contributed by atoms with Crippen LogP contribution in [0.1, 0.15) is 31.2 Å². The fraction of sp³-hybridized carbons (Fsp3) is 0.318. The van der Waals surface area contributed by atoms with Gasteiger partial charge in [0.2, 0.25) is 11.4 Å². The van der Waals surface area contributed by atoms with E-state index in [-0.39, 0.29) is 17.1 Å². The Kier molecular flexibility index (Phi) is 6.59. The van der Waals surface area contributed by atoms with Crippen molar-refractivity contribution < 1.29 is 14.3 Å². The van der Waals surface area contributed by atoms with Crippen LogP contribution in [0.15, 0.2) is 47.2 Å². The summed E-state index contributed by atoms with van der Waals surface area (Å²) in [5.41, 5.74) is 3.08. The molecule has 4 aromatic rings. The van der Waals surface area contributed by atoms with Crippen LogP contribution < -0.4 is 10.6 Å². The maximum atomic E-state index is 12.2. The number of rotatable bonds is 11. The van der Waals surface area contributed by atoms with Crippen LogP contribution in [0.25, 0.3) is 21.9 Å². The molecule has 4 rings (SSSR count). The van der Waals surface area contributed by atoms with Gasteiger partial charge in [-0.3, -0.25) is 14.9 Å². The third-order valence-electron chi connectivity index (χ3n) is 5.36. The number of nitrogens with one attached hydrogen (secondary N) is 3. The number of amides is 1. The number of benzene rings is 2. The summed E-state index contributed by atoms with van der Waals surface area (Å²) >= 11 is 0. The van der Waals surface area contributed by atoms with Crippen molar-refractivity contribution in [3.8, 4) is 0 Å². The lowest BCUT2D eigenvalue weighted by molar-refractivity contribution is -0.383. The Morgan fingerprint density at radius 1 is 1.03 bits per heavy atom. The zero-order chi connectivity index (χ0) is 22.3. The third-order valence-corrected chi connectivity index (χ3v) is 5.36. The van der Waals surface area contributed by atoms with Crippen molar-refractivity contribution >= 4 is 39.2 Å². The number of aromatic amines is 1. The average molecular weight is 436 g/mol. The summed E-state index contributed by atoms with van der Waals surface area (Å²) in [6.07, 6.45) is 6.09. The van der Waals surface area contributed by atoms with Crippen LogP contribution in [0.2, 0.25) is 0 Å². The number of nitro benzene ring substituents is 1. The van der Waals surface area contributed by atoms with Gasteiger partial charge in [0.15, 0.2) is 5.52 Å². The molecule has 0 radical (unpaired) electrons. The van der Waals surface area contributed by atoms with Gasteiger partial charge in [0.1, 0.15) is 0 Å². The highest BCUT2D eigenvalue weighted by Gasteiger charge is 2.19. The predicted molar refractivity (Wildman–Crippen MR) is 120 cm³/mol. The van der Waals surface area contributed by atoms with E-state index in [0.717, 1.165) is 42.1 Å². The Labute approximate surface area is 183 Å². The molecule has 0 bridgehead atoms. The molecule has 10 nitrogen and oxygen atoms in total. The normalized spacial score (nSPS) is 11.1. The number of nitrogens with zero attached hydrogens (tertiary/aromatic N) is 3. The number of hydrogen-bond donors (Lipinski definition) is 3. The van der Waals surface area contributed by atoms with Crippen molar-refractivity contribution in [2.75, 3.05) is 18.4 Å². The van der Waals surface area contributed by atoms with Gasteiger partial charge < -0.3 is 15.6 Å². The van der Waals surface area contributed by atoms with Crippen LogP contribution in [-0.4, -0.2) is 39.2 Å². The van der Waals surface area contributed by atoms with Crippen molar-refractivity contribution in [2.24, 2.45) is 0 Å². The molecule has 0 unspecified atom stereocenters. The molecule has 3 N–H and O–H groups in total. The molecule has 2 aromatic carbocycles. The Morgan fingerprint density at radius 2 is 1.81 bits per heavy atom. The number of carbonyl (C=O) groups is 1. The van der Waals surface area contributed by atoms with Crippen LogP contribution >= 0.6 is 0 Å². The average Bonchev–Trinajstić information content (AvgIpc) is 3.43. The molecular weight excluding hydrogens is 412 g/mol. The van der Waals surface area contributed by atoms with Crippen LogP contribution in [0, 0.1) is 10.1 Å². The Hall–Kier alpha value is -3.95. The first kappa shape index (κ1) is 21.3. The third kappa shape index (κ3) is 4.85. The number of hydrogen-bond acceptors (Lipinski definition) is 7. The second-order valence-electron chi connectivity index (χ2n) is 7.58. The zero-order valence-corrected chi connectivity index (χ0v) is 17.5. The number of aromatic nitrogens is 3. The summed E-state index contributed by atoms with van der Waals surface area (Å²) in [5.74, 6) is 0.0276. The second kappa shape index (κ2) is 9.90. The lowest BCUT2D eigenvalue weighted by atomic mass is 10.1. The van der Waals surface area contributed by atoms with Crippen molar-refractivity contribution in [1.29, 1.82) is 0 Å². The minimum Gasteiger partial charge on any atom is -0.383 e. The van der Waals surface area contributed by atoms with Crippen LogP contribution in [0.3, 0.4) is 0 Å². The van der Waals surface area contributed by atoms with Gasteiger partial charge in [0.25, 0.3) is 0 Å². The van der Waals surface area contributed by atoms with E-state index in [9.17, 15) is 14.9 Å². The van der Waals surface area contributed by atoms with Crippen LogP contribution in [0.4, 0.5) is 11.4 Å². The number of unbranched alkanes of at least 4 members (excludes halogenated alkanes) is 3. The fourth-order valence-corrected chi connectivity index (χ4v) is 3.71. The van der Waals surface area contributed by atoms with Crippen molar-refractivity contribution in [3.05, 3.63) is 58.3 Å². The summed E-state index contributed by atoms with van der Waals surface area (Å²) in [4.78, 5) is 25.9. The molecule has 2 aromatic heterocycles. The first-order valence-corrected chi connectivity index (χ1v) is 10.6. The number of para-hydroxylation sites is 1. The maximum Gasteiger partial charge on any atom is 0.300 e. The van der Waals surface area contributed by atoms with Gasteiger partial charge in [0.05, 0.1) is 17.0 Å². The number of fused-ring (bicyclic) bond motifs is 2. The highest BCUT2D eigenvalue weighted by molar-refractivity contribution is 5.93. The molecule has 32 heavy (non-hydrogen) atoms. The first-order chi connectivity index (χ1) is 15.6. The first-order valence-electron chi connectivity index (χ1n) is 10.6. The van der Waals surface area contributed by atoms with Gasteiger partial charge in [-0.1, -0.05) is 31.0 Å². The van der Waals surface area contributed by atoms with E-state index in [4.69, 9.17) is 0 Å². The van der Waals surface area contributed by atoms with Crippen LogP contribution in [-0.2, 0) is 11.2 Å². The van der Waals surface area contributed by atoms with Gasteiger partial charge in [-0.2, -0.15) is 0 Å². The Balaban J connectivity index is 1.12. The molecule has 10 heteroatoms. The molecule has 0 aliphatic rings. The van der Waals surface area contributed by atoms with E-state index >= 15 is 0 Å². The monoisotopic (exact) mass is 436 g/mol. The number of H-pyrrole nitrogens is 1. The summed E-state index contributed by atoms with van der Waals surface area (Å²) in [5, 5.41) is 25.7. The van der Waals surface area contributed by atoms with Gasteiger partial charge in [-0.15, -0.1) is 0 Å². The Bertz CT molecular complexity index is 1230.